The van der Waals surface area contributed by atoms with Crippen LogP contribution in [0, 0.1) is 5.82 Å². The number of nitrogens with two attached hydrogens (primary N) is 1. The summed E-state index contributed by atoms with van der Waals surface area (Å²) >= 11 is 6.19. The number of nitrogens with zero attached hydrogens (tertiary/aromatic N) is 6. The molecule has 0 atom stereocenters. The van der Waals surface area contributed by atoms with Gasteiger partial charge in [-0.3, -0.25) is 4.79 Å². The smallest absolute Gasteiger partial charge is 0.268 e. The van der Waals surface area contributed by atoms with Crippen LogP contribution in [-0.2, 0) is 6.42 Å². The highest BCUT2D eigenvalue weighted by molar-refractivity contribution is 6.35. The lowest BCUT2D eigenvalue weighted by molar-refractivity contribution is 0.602. The number of nitrogens with one attached hydrogen (secondary N) is 1. The SMILES string of the molecule is Nc1cnc(-n2c(CCNc3ncnc4occc34)nc3c(F)ccc(Cl)c3c2=O)cn1. The van der Waals surface area contributed by atoms with E-state index in [1.54, 1.807) is 6.07 Å². The Bertz CT molecular complexity index is 1520. The first kappa shape index (κ1) is 19.8. The van der Waals surface area contributed by atoms with Gasteiger partial charge in [-0.05, 0) is 18.2 Å². The summed E-state index contributed by atoms with van der Waals surface area (Å²) < 4.78 is 21.0. The van der Waals surface area contributed by atoms with Gasteiger partial charge < -0.3 is 15.5 Å². The van der Waals surface area contributed by atoms with E-state index < -0.39 is 11.4 Å². The standard InChI is InChI=1S/C20H14ClFN8O2/c21-11-1-2-12(22)17-16(11)20(31)30(15-8-25-13(23)7-26-15)14(29-17)3-5-24-18-10-4-6-32-19(10)28-9-27-18/h1-2,4,6-9H,3,5H2,(H2,23,25)(H,24,27,28). The van der Waals surface area contributed by atoms with Crippen molar-refractivity contribution in [3.8, 4) is 5.82 Å². The van der Waals surface area contributed by atoms with Crippen molar-refractivity contribution in [2.75, 3.05) is 17.6 Å². The molecule has 0 spiro atoms. The van der Waals surface area contributed by atoms with Gasteiger partial charge in [-0.1, -0.05) is 11.6 Å². The molecule has 10 nitrogen and oxygen atoms in total. The van der Waals surface area contributed by atoms with Crippen molar-refractivity contribution in [3.63, 3.8) is 0 Å². The molecule has 0 amide bonds. The fraction of sp³-hybridized carbons (Fsp3) is 0.100. The molecule has 0 unspecified atom stereocenters. The first-order valence-corrected chi connectivity index (χ1v) is 9.80. The van der Waals surface area contributed by atoms with Crippen molar-refractivity contribution < 1.29 is 8.81 Å². The topological polar surface area (TPSA) is 138 Å². The molecule has 1 aromatic carbocycles. The van der Waals surface area contributed by atoms with Crippen LogP contribution in [0.4, 0.5) is 16.0 Å². The van der Waals surface area contributed by atoms with Crippen molar-refractivity contribution in [1.29, 1.82) is 0 Å². The Morgan fingerprint density at radius 3 is 2.84 bits per heavy atom. The lowest BCUT2D eigenvalue weighted by Crippen LogP contribution is -2.27. The summed E-state index contributed by atoms with van der Waals surface area (Å²) in [4.78, 5) is 34.1. The third-order valence-electron chi connectivity index (χ3n) is 4.78. The Labute approximate surface area is 183 Å². The highest BCUT2D eigenvalue weighted by Crippen LogP contribution is 2.23. The van der Waals surface area contributed by atoms with Gasteiger partial charge in [-0.15, -0.1) is 0 Å². The second kappa shape index (κ2) is 7.85. The molecule has 4 aromatic heterocycles. The fourth-order valence-corrected chi connectivity index (χ4v) is 3.57. The van der Waals surface area contributed by atoms with Gasteiger partial charge in [0.15, 0.2) is 5.82 Å². The number of benzene rings is 1. The first-order valence-electron chi connectivity index (χ1n) is 9.42. The fourth-order valence-electron chi connectivity index (χ4n) is 3.34. The van der Waals surface area contributed by atoms with Crippen molar-refractivity contribution in [2.45, 2.75) is 6.42 Å². The number of halogens is 2. The summed E-state index contributed by atoms with van der Waals surface area (Å²) in [5.41, 5.74) is 5.38. The Hall–Kier alpha value is -4.12. The Morgan fingerprint density at radius 2 is 2.03 bits per heavy atom. The van der Waals surface area contributed by atoms with E-state index in [0.29, 0.717) is 23.5 Å². The normalized spacial score (nSPS) is 11.3. The monoisotopic (exact) mass is 452 g/mol. The van der Waals surface area contributed by atoms with Crippen molar-refractivity contribution in [1.82, 2.24) is 29.5 Å². The maximum atomic E-state index is 14.5. The van der Waals surface area contributed by atoms with Crippen molar-refractivity contribution in [3.05, 3.63) is 70.2 Å². The van der Waals surface area contributed by atoms with Crippen LogP contribution < -0.4 is 16.6 Å². The van der Waals surface area contributed by atoms with Crippen LogP contribution in [0.3, 0.4) is 0 Å². The minimum Gasteiger partial charge on any atom is -0.446 e. The van der Waals surface area contributed by atoms with Crippen molar-refractivity contribution in [2.24, 2.45) is 0 Å². The number of anilines is 2. The molecule has 0 bridgehead atoms. The first-order chi connectivity index (χ1) is 15.5. The summed E-state index contributed by atoms with van der Waals surface area (Å²) in [5.74, 6) is 0.541. The number of fused-ring (bicyclic) bond motifs is 2. The Balaban J connectivity index is 1.58. The molecule has 0 saturated carbocycles. The molecular weight excluding hydrogens is 439 g/mol. The summed E-state index contributed by atoms with van der Waals surface area (Å²) in [6.45, 7) is 0.319. The van der Waals surface area contributed by atoms with Gasteiger partial charge in [0.05, 0.1) is 34.5 Å². The second-order valence-corrected chi connectivity index (χ2v) is 7.17. The van der Waals surface area contributed by atoms with Gasteiger partial charge in [0.25, 0.3) is 5.56 Å². The molecule has 160 valence electrons. The van der Waals surface area contributed by atoms with E-state index in [-0.39, 0.29) is 39.8 Å². The lowest BCUT2D eigenvalue weighted by Gasteiger charge is -2.14. The van der Waals surface area contributed by atoms with E-state index >= 15 is 0 Å². The van der Waals surface area contributed by atoms with E-state index in [1.165, 1.54) is 41.7 Å². The van der Waals surface area contributed by atoms with Crippen LogP contribution in [0.2, 0.25) is 5.02 Å². The van der Waals surface area contributed by atoms with Gasteiger partial charge in [-0.25, -0.2) is 33.9 Å². The molecule has 32 heavy (non-hydrogen) atoms. The number of hydrogen-bond donors (Lipinski definition) is 2. The maximum Gasteiger partial charge on any atom is 0.268 e. The molecule has 0 saturated heterocycles. The zero-order valence-electron chi connectivity index (χ0n) is 16.3. The molecule has 0 aliphatic carbocycles. The van der Waals surface area contributed by atoms with Gasteiger partial charge >= 0.3 is 0 Å². The molecule has 5 aromatic rings. The van der Waals surface area contributed by atoms with Crippen LogP contribution in [0.1, 0.15) is 5.82 Å². The van der Waals surface area contributed by atoms with Gasteiger partial charge in [0, 0.05) is 13.0 Å². The zero-order valence-corrected chi connectivity index (χ0v) is 17.0. The average molecular weight is 453 g/mol. The third kappa shape index (κ3) is 3.38. The number of hydrogen-bond acceptors (Lipinski definition) is 9. The van der Waals surface area contributed by atoms with Gasteiger partial charge in [0.2, 0.25) is 5.71 Å². The molecule has 0 aliphatic heterocycles. The third-order valence-corrected chi connectivity index (χ3v) is 5.10. The maximum absolute atomic E-state index is 14.5. The van der Waals surface area contributed by atoms with E-state index in [9.17, 15) is 9.18 Å². The highest BCUT2D eigenvalue weighted by Gasteiger charge is 2.18. The lowest BCUT2D eigenvalue weighted by atomic mass is 10.2. The van der Waals surface area contributed by atoms with Crippen LogP contribution in [0.15, 0.2) is 52.4 Å². The summed E-state index contributed by atoms with van der Waals surface area (Å²) in [6, 6.07) is 4.22. The molecular formula is C20H14ClFN8O2. The Kier molecular flexibility index (Phi) is 4.86. The molecule has 4 heterocycles. The van der Waals surface area contributed by atoms with Crippen molar-refractivity contribution >= 4 is 45.2 Å². The average Bonchev–Trinajstić information content (AvgIpc) is 3.27. The highest BCUT2D eigenvalue weighted by atomic mass is 35.5. The molecule has 0 aliphatic rings. The number of rotatable bonds is 5. The predicted molar refractivity (Wildman–Crippen MR) is 116 cm³/mol. The predicted octanol–water partition coefficient (Wildman–Crippen LogP) is 2.74. The van der Waals surface area contributed by atoms with Crippen LogP contribution >= 0.6 is 11.6 Å². The summed E-state index contributed by atoms with van der Waals surface area (Å²) in [7, 11) is 0. The molecule has 3 N–H and O–H groups in total. The Morgan fingerprint density at radius 1 is 1.16 bits per heavy atom. The molecule has 12 heteroatoms. The second-order valence-electron chi connectivity index (χ2n) is 6.76. The minimum absolute atomic E-state index is 0.0436. The van der Waals surface area contributed by atoms with Crippen LogP contribution in [0.25, 0.3) is 27.8 Å². The quantitative estimate of drug-likeness (QED) is 0.412. The van der Waals surface area contributed by atoms with E-state index in [4.69, 9.17) is 21.8 Å². The number of furan rings is 1. The van der Waals surface area contributed by atoms with Gasteiger partial charge in [-0.2, -0.15) is 0 Å². The van der Waals surface area contributed by atoms with E-state index in [2.05, 4.69) is 30.2 Å². The molecule has 0 radical (unpaired) electrons. The van der Waals surface area contributed by atoms with E-state index in [1.807, 2.05) is 0 Å². The van der Waals surface area contributed by atoms with Crippen LogP contribution in [-0.4, -0.2) is 36.0 Å². The van der Waals surface area contributed by atoms with E-state index in [0.717, 1.165) is 0 Å². The summed E-state index contributed by atoms with van der Waals surface area (Å²) in [6.07, 6.45) is 5.77. The number of aromatic nitrogens is 6. The molecule has 5 rings (SSSR count). The molecule has 0 fully saturated rings. The minimum atomic E-state index is -0.651. The van der Waals surface area contributed by atoms with Crippen LogP contribution in [0.5, 0.6) is 0 Å². The van der Waals surface area contributed by atoms with Gasteiger partial charge in [0.1, 0.15) is 35.1 Å². The number of nitrogen functional groups attached to an aromatic ring is 1. The zero-order chi connectivity index (χ0) is 22.2. The summed E-state index contributed by atoms with van der Waals surface area (Å²) in [5, 5.41) is 3.91. The largest absolute Gasteiger partial charge is 0.446 e.